The van der Waals surface area contributed by atoms with Crippen LogP contribution in [0.25, 0.3) is 11.2 Å². The molecule has 1 aliphatic heterocycles. The molecular formula is C53H96N7O19P3S. The number of ether oxygens (including phenoxy) is 1. The number of hydrogen-bond acceptors (Lipinski definition) is 19. The van der Waals surface area contributed by atoms with Gasteiger partial charge in [-0.15, -0.1) is 0 Å². The van der Waals surface area contributed by atoms with Crippen LogP contribution in [0.5, 0.6) is 0 Å². The van der Waals surface area contributed by atoms with Gasteiger partial charge < -0.3 is 56.0 Å². The molecule has 0 saturated carbocycles. The summed E-state index contributed by atoms with van der Waals surface area (Å²) in [7, 11) is -16.4. The molecular weight excluding hydrogens is 1160 g/mol. The van der Waals surface area contributed by atoms with Gasteiger partial charge in [0.05, 0.1) is 19.5 Å². The van der Waals surface area contributed by atoms with Gasteiger partial charge in [0, 0.05) is 43.5 Å². The van der Waals surface area contributed by atoms with Gasteiger partial charge in [-0.3, -0.25) is 37.3 Å². The highest BCUT2D eigenvalue weighted by Crippen LogP contribution is 2.61. The molecule has 11 N–H and O–H groups in total. The van der Waals surface area contributed by atoms with Crippen molar-refractivity contribution in [2.75, 3.05) is 37.8 Å². The fraction of sp³-hybridized carbons (Fsp3) is 0.792. The zero-order chi connectivity index (χ0) is 61.7. The second-order valence-electron chi connectivity index (χ2n) is 21.3. The number of anilines is 1. The van der Waals surface area contributed by atoms with Crippen LogP contribution in [-0.2, 0) is 55.5 Å². The summed E-state index contributed by atoms with van der Waals surface area (Å²) in [6.45, 7) is 5.05. The van der Waals surface area contributed by atoms with Crippen molar-refractivity contribution >= 4 is 75.1 Å². The number of nitrogen functional groups attached to an aromatic ring is 1. The maximum atomic E-state index is 12.7. The van der Waals surface area contributed by atoms with E-state index in [1.807, 2.05) is 0 Å². The largest absolute Gasteiger partial charge is 0.481 e. The highest BCUT2D eigenvalue weighted by molar-refractivity contribution is 8.13. The molecule has 1 saturated heterocycles. The number of phosphoric acid groups is 3. The number of fused-ring (bicyclic) bond motifs is 1. The minimum absolute atomic E-state index is 0.0335. The third-order valence-electron chi connectivity index (χ3n) is 13.4. The lowest BCUT2D eigenvalue weighted by Crippen LogP contribution is -2.46. The molecule has 83 heavy (non-hydrogen) atoms. The first kappa shape index (κ1) is 75.9. The smallest absolute Gasteiger partial charge is 0.481 e. The number of hydrogen-bond donors (Lipinski definition) is 10. The monoisotopic (exact) mass is 1260 g/mol. The van der Waals surface area contributed by atoms with E-state index < -0.39 is 90.5 Å². The van der Waals surface area contributed by atoms with Crippen LogP contribution in [0.1, 0.15) is 207 Å². The Balaban J connectivity index is 0.000000994. The number of carbonyl (C=O) groups is 4. The minimum Gasteiger partial charge on any atom is -0.481 e. The summed E-state index contributed by atoms with van der Waals surface area (Å²) < 4.78 is 62.3. The number of rotatable bonds is 46. The molecule has 3 rings (SSSR count). The van der Waals surface area contributed by atoms with Gasteiger partial charge in [0.1, 0.15) is 36.3 Å². The van der Waals surface area contributed by atoms with Crippen molar-refractivity contribution in [3.8, 4) is 0 Å². The van der Waals surface area contributed by atoms with E-state index in [2.05, 4.69) is 60.4 Å². The fourth-order valence-corrected chi connectivity index (χ4v) is 12.2. The van der Waals surface area contributed by atoms with E-state index >= 15 is 0 Å². The zero-order valence-corrected chi connectivity index (χ0v) is 52.5. The first-order valence-electron chi connectivity index (χ1n) is 29.2. The van der Waals surface area contributed by atoms with Gasteiger partial charge >= 0.3 is 29.4 Å². The van der Waals surface area contributed by atoms with E-state index in [0.29, 0.717) is 18.6 Å². The van der Waals surface area contributed by atoms with Crippen molar-refractivity contribution in [2.24, 2.45) is 5.41 Å². The Bertz CT molecular complexity index is 2370. The number of nitrogens with one attached hydrogen (secondary N) is 2. The number of carboxylic acid groups (broad SMARTS) is 1. The number of carbonyl (C=O) groups excluding carboxylic acids is 3. The van der Waals surface area contributed by atoms with E-state index in [4.69, 9.17) is 24.6 Å². The van der Waals surface area contributed by atoms with Gasteiger partial charge in [-0.05, 0) is 38.5 Å². The number of imidazole rings is 1. The molecule has 0 aliphatic carbocycles. The number of allylic oxidation sites excluding steroid dienone is 2. The molecule has 2 aromatic heterocycles. The van der Waals surface area contributed by atoms with Crippen LogP contribution in [0.3, 0.4) is 0 Å². The predicted octanol–water partition coefficient (Wildman–Crippen LogP) is 9.47. The first-order valence-corrected chi connectivity index (χ1v) is 34.7. The van der Waals surface area contributed by atoms with Gasteiger partial charge in [0.15, 0.2) is 22.8 Å². The average Bonchev–Trinajstić information content (AvgIpc) is 2.97. The van der Waals surface area contributed by atoms with Gasteiger partial charge in [0.2, 0.25) is 11.8 Å². The predicted molar refractivity (Wildman–Crippen MR) is 315 cm³/mol. The molecule has 26 nitrogen and oxygen atoms in total. The number of amides is 2. The maximum absolute atomic E-state index is 12.7. The number of phosphoric ester groups is 3. The van der Waals surface area contributed by atoms with Crippen molar-refractivity contribution < 1.29 is 90.4 Å². The summed E-state index contributed by atoms with van der Waals surface area (Å²) in [4.78, 5) is 98.5. The summed E-state index contributed by atoms with van der Waals surface area (Å²) in [6.07, 6.45) is 28.0. The number of aliphatic hydroxyl groups excluding tert-OH is 2. The lowest BCUT2D eigenvalue weighted by Gasteiger charge is -2.30. The summed E-state index contributed by atoms with van der Waals surface area (Å²) in [5.74, 6) is -1.68. The first-order chi connectivity index (χ1) is 39.3. The highest BCUT2D eigenvalue weighted by Gasteiger charge is 2.50. The topological polar surface area (TPSA) is 401 Å². The Hall–Kier alpha value is -3.23. The van der Waals surface area contributed by atoms with E-state index in [1.165, 1.54) is 136 Å². The maximum Gasteiger partial charge on any atom is 0.481 e. The SMILES string of the molecule is CCCCCCCCC=CCCCCCCCC(=O)O.CCCCCCCCCCCCCC(=O)SCCNC(=O)CCNC(=O)[C@H](O)C(C)(C)COP(=O)(O)OP(=O)(O)OC[C@H]1O[C@@H](n2cnc3c(N)ncnc32)[C@H](O)[C@@H]1OP(=O)(O)O. The van der Waals surface area contributed by atoms with E-state index in [1.54, 1.807) is 0 Å². The summed E-state index contributed by atoms with van der Waals surface area (Å²) in [6, 6.07) is 0. The highest BCUT2D eigenvalue weighted by atomic mass is 32.2. The van der Waals surface area contributed by atoms with Crippen molar-refractivity contribution in [3.63, 3.8) is 0 Å². The molecule has 0 aromatic carbocycles. The molecule has 0 radical (unpaired) electrons. The van der Waals surface area contributed by atoms with E-state index in [0.717, 1.165) is 61.1 Å². The number of aliphatic carboxylic acids is 1. The molecule has 478 valence electrons. The molecule has 1 aliphatic rings. The Morgan fingerprint density at radius 1 is 0.747 bits per heavy atom. The Kier molecular flexibility index (Phi) is 38.2. The third kappa shape index (κ3) is 34.0. The van der Waals surface area contributed by atoms with Crippen LogP contribution in [0.15, 0.2) is 24.8 Å². The van der Waals surface area contributed by atoms with Crippen LogP contribution in [-0.4, -0.2) is 134 Å². The second-order valence-corrected chi connectivity index (χ2v) is 26.7. The molecule has 7 atom stereocenters. The van der Waals surface area contributed by atoms with Gasteiger partial charge in [-0.1, -0.05) is 167 Å². The van der Waals surface area contributed by atoms with Crippen molar-refractivity contribution in [3.05, 3.63) is 24.8 Å². The number of unbranched alkanes of at least 4 members (excludes halogenated alkanes) is 21. The van der Waals surface area contributed by atoms with E-state index in [-0.39, 0.29) is 41.6 Å². The number of nitrogens with two attached hydrogens (primary N) is 1. The average molecular weight is 1260 g/mol. The number of nitrogens with zero attached hydrogens (tertiary/aromatic N) is 4. The molecule has 2 unspecified atom stereocenters. The lowest BCUT2D eigenvalue weighted by atomic mass is 9.87. The number of carboxylic acids is 1. The van der Waals surface area contributed by atoms with Gasteiger partial charge in [0.25, 0.3) is 0 Å². The van der Waals surface area contributed by atoms with Crippen molar-refractivity contribution in [1.29, 1.82) is 0 Å². The number of aliphatic hydroxyl groups is 2. The van der Waals surface area contributed by atoms with Crippen LogP contribution >= 0.6 is 35.2 Å². The quantitative estimate of drug-likeness (QED) is 0.0167. The zero-order valence-electron chi connectivity index (χ0n) is 49.0. The molecule has 0 spiro atoms. The molecule has 2 aromatic rings. The summed E-state index contributed by atoms with van der Waals surface area (Å²) >= 11 is 1.15. The summed E-state index contributed by atoms with van der Waals surface area (Å²) in [5.41, 5.74) is 4.29. The summed E-state index contributed by atoms with van der Waals surface area (Å²) in [5, 5.41) is 35.1. The number of thioether (sulfide) groups is 1. The Morgan fingerprint density at radius 3 is 1.83 bits per heavy atom. The van der Waals surface area contributed by atoms with E-state index in [9.17, 15) is 62.7 Å². The molecule has 0 bridgehead atoms. The van der Waals surface area contributed by atoms with Crippen LogP contribution in [0.4, 0.5) is 5.82 Å². The third-order valence-corrected chi connectivity index (χ3v) is 17.4. The van der Waals surface area contributed by atoms with Crippen LogP contribution in [0.2, 0.25) is 0 Å². The number of aromatic nitrogens is 4. The fourth-order valence-electron chi connectivity index (χ4n) is 8.65. The minimum atomic E-state index is -5.57. The van der Waals surface area contributed by atoms with Gasteiger partial charge in [-0.25, -0.2) is 28.6 Å². The Morgan fingerprint density at radius 2 is 1.28 bits per heavy atom. The van der Waals surface area contributed by atoms with Crippen molar-refractivity contribution in [1.82, 2.24) is 30.2 Å². The van der Waals surface area contributed by atoms with Gasteiger partial charge in [-0.2, -0.15) is 4.31 Å². The Labute approximate surface area is 493 Å². The van der Waals surface area contributed by atoms with Crippen LogP contribution < -0.4 is 16.4 Å². The normalized spacial score (nSPS) is 18.3. The van der Waals surface area contributed by atoms with Crippen LogP contribution in [0, 0.1) is 5.41 Å². The standard InChI is InChI=1S/C35H62N7O17P3S.C18H34O2/c1-4-5-6-7-8-9-10-11-12-13-14-15-26(44)63-19-18-37-25(43)16-17-38-33(47)30(46)35(2,3)21-56-62(53,54)59-61(51,52)55-20-24-29(58-60(48,49)50)28(45)34(57-24)42-23-41-27-31(36)39-22-40-32(27)42;1-2-3-4-5-6-7-8-9-10-11-12-13-14-15-16-17-18(19)20/h22-24,28-30,34,45-46H,4-21H2,1-3H3,(H,37,43)(H,38,47)(H,51,52)(H,53,54)(H2,36,39,40)(H2,48,49,50);9-10H,2-8,11-17H2,1H3,(H,19,20)/t24-,28-,29-,30+,34-;/m1./s1. The lowest BCUT2D eigenvalue weighted by molar-refractivity contribution is -0.137. The molecule has 30 heteroatoms. The van der Waals surface area contributed by atoms with Crippen molar-refractivity contribution in [2.45, 2.75) is 232 Å². The molecule has 2 amide bonds. The molecule has 3 heterocycles. The molecule has 1 fully saturated rings. The second kappa shape index (κ2) is 41.8.